The van der Waals surface area contributed by atoms with Gasteiger partial charge in [0, 0.05) is 30.9 Å². The first-order valence-corrected chi connectivity index (χ1v) is 6.99. The van der Waals surface area contributed by atoms with Crippen LogP contribution in [0.2, 0.25) is 0 Å². The SMILES string of the molecule is NC[C@@H]1OC(=O)N(F)C1c1ccccc1N1CCOCC1. The summed E-state index contributed by atoms with van der Waals surface area (Å²) in [5.74, 6) is 0. The van der Waals surface area contributed by atoms with Crippen LogP contribution in [-0.4, -0.2) is 50.2 Å². The van der Waals surface area contributed by atoms with Gasteiger partial charge in [0.05, 0.1) is 13.2 Å². The largest absolute Gasteiger partial charge is 0.440 e. The normalized spacial score (nSPS) is 26.1. The summed E-state index contributed by atoms with van der Waals surface area (Å²) < 4.78 is 24.4. The monoisotopic (exact) mass is 295 g/mol. The number of morpholine rings is 1. The van der Waals surface area contributed by atoms with Crippen LogP contribution in [-0.2, 0) is 9.47 Å². The van der Waals surface area contributed by atoms with E-state index in [9.17, 15) is 9.28 Å². The van der Waals surface area contributed by atoms with Gasteiger partial charge in [-0.3, -0.25) is 0 Å². The van der Waals surface area contributed by atoms with Crippen LogP contribution in [0.4, 0.5) is 15.0 Å². The summed E-state index contributed by atoms with van der Waals surface area (Å²) in [6.07, 6.45) is -1.66. The van der Waals surface area contributed by atoms with E-state index in [0.29, 0.717) is 18.8 Å². The molecule has 2 saturated heterocycles. The van der Waals surface area contributed by atoms with E-state index in [0.717, 1.165) is 18.8 Å². The molecule has 2 atom stereocenters. The molecule has 2 fully saturated rings. The van der Waals surface area contributed by atoms with E-state index in [1.165, 1.54) is 0 Å². The van der Waals surface area contributed by atoms with Crippen LogP contribution >= 0.6 is 0 Å². The number of para-hydroxylation sites is 1. The van der Waals surface area contributed by atoms with Gasteiger partial charge in [0.1, 0.15) is 12.1 Å². The first-order chi connectivity index (χ1) is 10.2. The van der Waals surface area contributed by atoms with Gasteiger partial charge in [-0.1, -0.05) is 22.7 Å². The number of ether oxygens (including phenoxy) is 2. The van der Waals surface area contributed by atoms with Crippen LogP contribution in [0.25, 0.3) is 0 Å². The molecule has 6 nitrogen and oxygen atoms in total. The van der Waals surface area contributed by atoms with E-state index in [-0.39, 0.29) is 11.7 Å². The second kappa shape index (κ2) is 5.87. The zero-order chi connectivity index (χ0) is 14.8. The quantitative estimate of drug-likeness (QED) is 0.849. The number of anilines is 1. The number of hydrogen-bond donors (Lipinski definition) is 1. The molecule has 2 N–H and O–H groups in total. The zero-order valence-electron chi connectivity index (χ0n) is 11.6. The molecule has 0 radical (unpaired) electrons. The average molecular weight is 295 g/mol. The second-order valence-corrected chi connectivity index (χ2v) is 5.07. The van der Waals surface area contributed by atoms with Crippen molar-refractivity contribution in [2.24, 2.45) is 5.73 Å². The maximum atomic E-state index is 14.1. The van der Waals surface area contributed by atoms with Crippen molar-refractivity contribution in [2.75, 3.05) is 37.7 Å². The summed E-state index contributed by atoms with van der Waals surface area (Å²) in [5, 5.41) is 0.136. The van der Waals surface area contributed by atoms with Gasteiger partial charge in [-0.25, -0.2) is 4.79 Å². The highest BCUT2D eigenvalue weighted by atomic mass is 19.2. The summed E-state index contributed by atoms with van der Waals surface area (Å²) in [6.45, 7) is 2.81. The van der Waals surface area contributed by atoms with Crippen molar-refractivity contribution in [3.8, 4) is 0 Å². The zero-order valence-corrected chi connectivity index (χ0v) is 11.6. The predicted octanol–water partition coefficient (Wildman–Crippen LogP) is 1.23. The minimum atomic E-state index is -0.979. The van der Waals surface area contributed by atoms with Gasteiger partial charge in [0.2, 0.25) is 0 Å². The molecule has 0 spiro atoms. The molecule has 0 aliphatic carbocycles. The Morgan fingerprint density at radius 3 is 2.71 bits per heavy atom. The number of halogens is 1. The first-order valence-electron chi connectivity index (χ1n) is 6.99. The Hall–Kier alpha value is -1.86. The molecule has 114 valence electrons. The minimum Gasteiger partial charge on any atom is -0.440 e. The Labute approximate surface area is 122 Å². The summed E-state index contributed by atoms with van der Waals surface area (Å²) in [7, 11) is 0. The topological polar surface area (TPSA) is 68.0 Å². The molecule has 2 aliphatic rings. The van der Waals surface area contributed by atoms with Crippen LogP contribution in [0.1, 0.15) is 11.6 Å². The van der Waals surface area contributed by atoms with Crippen LogP contribution in [0.5, 0.6) is 0 Å². The van der Waals surface area contributed by atoms with Crippen LogP contribution in [0.15, 0.2) is 24.3 Å². The van der Waals surface area contributed by atoms with Crippen molar-refractivity contribution in [1.82, 2.24) is 5.12 Å². The third kappa shape index (κ3) is 2.54. The lowest BCUT2D eigenvalue weighted by Gasteiger charge is -2.32. The number of carbonyl (C=O) groups is 1. The number of rotatable bonds is 3. The molecule has 3 rings (SSSR count). The molecule has 2 aliphatic heterocycles. The van der Waals surface area contributed by atoms with Gasteiger partial charge in [-0.15, -0.1) is 5.12 Å². The van der Waals surface area contributed by atoms with E-state index in [1.54, 1.807) is 0 Å². The third-order valence-corrected chi connectivity index (χ3v) is 3.86. The van der Waals surface area contributed by atoms with E-state index >= 15 is 0 Å². The number of amides is 1. The molecule has 0 aromatic heterocycles. The molecule has 0 bridgehead atoms. The number of carbonyl (C=O) groups excluding carboxylic acids is 1. The third-order valence-electron chi connectivity index (χ3n) is 3.86. The molecule has 2 heterocycles. The number of nitrogens with zero attached hydrogens (tertiary/aromatic N) is 2. The highest BCUT2D eigenvalue weighted by Crippen LogP contribution is 2.38. The summed E-state index contributed by atoms with van der Waals surface area (Å²) in [5.41, 5.74) is 7.22. The van der Waals surface area contributed by atoms with Crippen LogP contribution in [0, 0.1) is 0 Å². The lowest BCUT2D eigenvalue weighted by molar-refractivity contribution is 0.0439. The Bertz CT molecular complexity index is 522. The first kappa shape index (κ1) is 14.1. The highest BCUT2D eigenvalue weighted by Gasteiger charge is 2.44. The molecular formula is C14H18FN3O3. The summed E-state index contributed by atoms with van der Waals surface area (Å²) in [4.78, 5) is 13.6. The van der Waals surface area contributed by atoms with Crippen LogP contribution in [0.3, 0.4) is 0 Å². The molecule has 1 aromatic rings. The molecule has 1 aromatic carbocycles. The maximum absolute atomic E-state index is 14.1. The average Bonchev–Trinajstić information content (AvgIpc) is 2.83. The fraction of sp³-hybridized carbons (Fsp3) is 0.500. The Kier molecular flexibility index (Phi) is 3.94. The molecule has 1 unspecified atom stereocenters. The van der Waals surface area contributed by atoms with Gasteiger partial charge < -0.3 is 20.1 Å². The maximum Gasteiger partial charge on any atom is 0.439 e. The highest BCUT2D eigenvalue weighted by molar-refractivity contribution is 5.71. The van der Waals surface area contributed by atoms with Crippen molar-refractivity contribution in [3.05, 3.63) is 29.8 Å². The summed E-state index contributed by atoms with van der Waals surface area (Å²) in [6, 6.07) is 6.65. The molecule has 0 saturated carbocycles. The minimum absolute atomic E-state index is 0.0777. The van der Waals surface area contributed by atoms with Gasteiger partial charge in [-0.05, 0) is 6.07 Å². The molecule has 7 heteroatoms. The van der Waals surface area contributed by atoms with Gasteiger partial charge in [0.15, 0.2) is 0 Å². The number of hydrogen-bond acceptors (Lipinski definition) is 5. The van der Waals surface area contributed by atoms with E-state index in [1.807, 2.05) is 24.3 Å². The van der Waals surface area contributed by atoms with Crippen LogP contribution < -0.4 is 10.6 Å². The number of nitrogens with two attached hydrogens (primary N) is 1. The Morgan fingerprint density at radius 1 is 1.29 bits per heavy atom. The van der Waals surface area contributed by atoms with Crippen molar-refractivity contribution in [3.63, 3.8) is 0 Å². The molecule has 1 amide bonds. The molecular weight excluding hydrogens is 277 g/mol. The van der Waals surface area contributed by atoms with E-state index in [4.69, 9.17) is 15.2 Å². The Morgan fingerprint density at radius 2 is 2.00 bits per heavy atom. The predicted molar refractivity (Wildman–Crippen MR) is 74.5 cm³/mol. The lowest BCUT2D eigenvalue weighted by atomic mass is 9.99. The standard InChI is InChI=1S/C14H18FN3O3/c15-18-13(12(9-16)21-14(18)19)10-3-1-2-4-11(10)17-5-7-20-8-6-17/h1-4,12-13H,5-9,16H2/t12-,13?/m0/s1. The number of cyclic esters (lactones) is 1. The van der Waals surface area contributed by atoms with Gasteiger partial charge >= 0.3 is 6.09 Å². The van der Waals surface area contributed by atoms with Crippen molar-refractivity contribution >= 4 is 11.8 Å². The Balaban J connectivity index is 1.95. The fourth-order valence-corrected chi connectivity index (χ4v) is 2.83. The van der Waals surface area contributed by atoms with E-state index < -0.39 is 18.2 Å². The smallest absolute Gasteiger partial charge is 0.439 e. The molecule has 21 heavy (non-hydrogen) atoms. The van der Waals surface area contributed by atoms with Crippen molar-refractivity contribution < 1.29 is 18.7 Å². The van der Waals surface area contributed by atoms with Crippen molar-refractivity contribution in [1.29, 1.82) is 0 Å². The van der Waals surface area contributed by atoms with E-state index in [2.05, 4.69) is 4.90 Å². The lowest BCUT2D eigenvalue weighted by Crippen LogP contribution is -2.38. The van der Waals surface area contributed by atoms with Gasteiger partial charge in [0.25, 0.3) is 0 Å². The second-order valence-electron chi connectivity index (χ2n) is 5.07. The number of benzene rings is 1. The fourth-order valence-electron chi connectivity index (χ4n) is 2.83. The van der Waals surface area contributed by atoms with Gasteiger partial charge in [-0.2, -0.15) is 0 Å². The summed E-state index contributed by atoms with van der Waals surface area (Å²) >= 11 is 0. The van der Waals surface area contributed by atoms with Crippen molar-refractivity contribution in [2.45, 2.75) is 12.1 Å².